The summed E-state index contributed by atoms with van der Waals surface area (Å²) >= 11 is 0. The number of carbonyl (C=O) groups excluding carboxylic acids is 2. The van der Waals surface area contributed by atoms with Gasteiger partial charge in [-0.05, 0) is 48.9 Å². The van der Waals surface area contributed by atoms with Crippen LogP contribution in [0.1, 0.15) is 39.6 Å². The lowest BCUT2D eigenvalue weighted by atomic mass is 9.99. The Hall–Kier alpha value is -3.95. The van der Waals surface area contributed by atoms with E-state index < -0.39 is 0 Å². The summed E-state index contributed by atoms with van der Waals surface area (Å²) in [6.07, 6.45) is 2.58. The minimum Gasteiger partial charge on any atom is -0.497 e. The highest BCUT2D eigenvalue weighted by atomic mass is 16.5. The second kappa shape index (κ2) is 12.5. The number of carbonyl (C=O) groups is 2. The van der Waals surface area contributed by atoms with Crippen LogP contribution in [0, 0.1) is 6.92 Å². The highest BCUT2D eigenvalue weighted by Crippen LogP contribution is 2.33. The van der Waals surface area contributed by atoms with Crippen LogP contribution in [0.5, 0.6) is 5.75 Å². The molecule has 3 aromatic rings. The molecule has 1 atom stereocenters. The monoisotopic (exact) mass is 543 g/mol. The van der Waals surface area contributed by atoms with Crippen LogP contribution < -0.4 is 4.74 Å². The molecule has 0 radical (unpaired) electrons. The quantitative estimate of drug-likeness (QED) is 0.413. The van der Waals surface area contributed by atoms with Crippen molar-refractivity contribution >= 4 is 17.5 Å². The van der Waals surface area contributed by atoms with Crippen LogP contribution in [-0.4, -0.2) is 89.9 Å². The van der Waals surface area contributed by atoms with E-state index >= 15 is 0 Å². The molecule has 5 rings (SSSR count). The Labute approximate surface area is 235 Å². The van der Waals surface area contributed by atoms with Gasteiger partial charge in [0.2, 0.25) is 0 Å². The first-order valence-electron chi connectivity index (χ1n) is 13.7. The summed E-state index contributed by atoms with van der Waals surface area (Å²) in [4.78, 5) is 31.5. The molecular formula is C31H37N5O4. The van der Waals surface area contributed by atoms with Crippen LogP contribution >= 0.6 is 0 Å². The van der Waals surface area contributed by atoms with E-state index in [-0.39, 0.29) is 24.4 Å². The Kier molecular flexibility index (Phi) is 8.62. The molecule has 9 nitrogen and oxygen atoms in total. The van der Waals surface area contributed by atoms with Crippen LogP contribution in [0.4, 0.5) is 0 Å². The number of aromatic nitrogens is 1. The van der Waals surface area contributed by atoms with Crippen molar-refractivity contribution in [1.82, 2.24) is 19.4 Å². The van der Waals surface area contributed by atoms with Crippen molar-refractivity contribution in [3.8, 4) is 5.75 Å². The van der Waals surface area contributed by atoms with Crippen molar-refractivity contribution in [2.45, 2.75) is 19.4 Å². The van der Waals surface area contributed by atoms with E-state index in [9.17, 15) is 9.59 Å². The van der Waals surface area contributed by atoms with Gasteiger partial charge in [0.1, 0.15) is 12.3 Å². The zero-order chi connectivity index (χ0) is 28.1. The Morgan fingerprint density at radius 1 is 1.05 bits per heavy atom. The second-order valence-corrected chi connectivity index (χ2v) is 10.3. The number of rotatable bonds is 9. The zero-order valence-electron chi connectivity index (χ0n) is 23.5. The number of hydrazone groups is 1. The Morgan fingerprint density at radius 2 is 1.77 bits per heavy atom. The predicted molar refractivity (Wildman–Crippen MR) is 153 cm³/mol. The van der Waals surface area contributed by atoms with Crippen molar-refractivity contribution in [1.29, 1.82) is 0 Å². The number of morpholine rings is 1. The molecule has 0 saturated carbocycles. The molecule has 1 fully saturated rings. The number of ether oxygens (including phenoxy) is 2. The van der Waals surface area contributed by atoms with Crippen molar-refractivity contribution in [3.05, 3.63) is 89.2 Å². The summed E-state index contributed by atoms with van der Waals surface area (Å²) in [5.41, 5.74) is 4.52. The molecule has 210 valence electrons. The highest BCUT2D eigenvalue weighted by molar-refractivity contribution is 6.02. The molecule has 1 aromatic heterocycles. The lowest BCUT2D eigenvalue weighted by Gasteiger charge is -2.31. The fourth-order valence-electron chi connectivity index (χ4n) is 5.20. The summed E-state index contributed by atoms with van der Waals surface area (Å²) in [5.74, 6) is 0.272. The van der Waals surface area contributed by atoms with Gasteiger partial charge in [0, 0.05) is 51.4 Å². The number of nitrogens with zero attached hydrogens (tertiary/aromatic N) is 5. The SMILES string of the molecule is COc1ccc(C(=O)N(CCN2CCOCC2)CC(=O)N2N=C(c3cccn3C)C[C@@H]2c2ccc(C)cc2)cc1. The largest absolute Gasteiger partial charge is 0.497 e. The van der Waals surface area contributed by atoms with Gasteiger partial charge in [-0.1, -0.05) is 29.8 Å². The lowest BCUT2D eigenvalue weighted by Crippen LogP contribution is -2.46. The topological polar surface area (TPSA) is 79.6 Å². The fourth-order valence-corrected chi connectivity index (χ4v) is 5.20. The third kappa shape index (κ3) is 6.26. The number of benzene rings is 2. The standard InChI is InChI=1S/C31H37N5O4/c1-23-6-8-24(9-7-23)29-21-27(28-5-4-14-33(28)2)32-36(29)30(37)22-35(16-15-34-17-19-40-20-18-34)31(38)25-10-12-26(39-3)13-11-25/h4-14,29H,15-22H2,1-3H3/t29-/m1/s1. The molecule has 3 heterocycles. The molecule has 0 bridgehead atoms. The first kappa shape index (κ1) is 27.6. The number of aryl methyl sites for hydroxylation is 2. The van der Waals surface area contributed by atoms with E-state index in [2.05, 4.69) is 29.2 Å². The lowest BCUT2D eigenvalue weighted by molar-refractivity contribution is -0.133. The van der Waals surface area contributed by atoms with E-state index in [1.807, 2.05) is 36.9 Å². The van der Waals surface area contributed by atoms with E-state index in [1.54, 1.807) is 41.3 Å². The second-order valence-electron chi connectivity index (χ2n) is 10.3. The van der Waals surface area contributed by atoms with Gasteiger partial charge in [-0.3, -0.25) is 14.5 Å². The first-order chi connectivity index (χ1) is 19.4. The Balaban J connectivity index is 1.40. The van der Waals surface area contributed by atoms with Gasteiger partial charge in [-0.15, -0.1) is 0 Å². The number of methoxy groups -OCH3 is 1. The summed E-state index contributed by atoms with van der Waals surface area (Å²) in [6, 6.07) is 19.0. The summed E-state index contributed by atoms with van der Waals surface area (Å²) in [6.45, 7) is 6.04. The molecule has 40 heavy (non-hydrogen) atoms. The van der Waals surface area contributed by atoms with E-state index in [0.717, 1.165) is 35.6 Å². The molecule has 2 aliphatic heterocycles. The highest BCUT2D eigenvalue weighted by Gasteiger charge is 2.35. The predicted octanol–water partition coefficient (Wildman–Crippen LogP) is 3.49. The average molecular weight is 544 g/mol. The van der Waals surface area contributed by atoms with Gasteiger partial charge in [-0.2, -0.15) is 5.10 Å². The van der Waals surface area contributed by atoms with Crippen molar-refractivity contribution in [3.63, 3.8) is 0 Å². The maximum absolute atomic E-state index is 14.0. The van der Waals surface area contributed by atoms with Gasteiger partial charge in [0.15, 0.2) is 0 Å². The third-order valence-corrected chi connectivity index (χ3v) is 7.61. The maximum Gasteiger partial charge on any atom is 0.262 e. The fraction of sp³-hybridized carbons (Fsp3) is 0.387. The number of amides is 2. The third-order valence-electron chi connectivity index (χ3n) is 7.61. The summed E-state index contributed by atoms with van der Waals surface area (Å²) in [5, 5.41) is 6.41. The Morgan fingerprint density at radius 3 is 2.42 bits per heavy atom. The number of hydrogen-bond donors (Lipinski definition) is 0. The van der Waals surface area contributed by atoms with Crippen molar-refractivity contribution < 1.29 is 19.1 Å². The van der Waals surface area contributed by atoms with E-state index in [0.29, 0.717) is 44.0 Å². The zero-order valence-corrected chi connectivity index (χ0v) is 23.5. The molecule has 0 spiro atoms. The smallest absolute Gasteiger partial charge is 0.262 e. The van der Waals surface area contributed by atoms with Crippen LogP contribution in [0.2, 0.25) is 0 Å². The van der Waals surface area contributed by atoms with Crippen LogP contribution in [0.25, 0.3) is 0 Å². The molecule has 0 aliphatic carbocycles. The molecule has 0 unspecified atom stereocenters. The van der Waals surface area contributed by atoms with Crippen molar-refractivity contribution in [2.24, 2.45) is 12.1 Å². The van der Waals surface area contributed by atoms with Gasteiger partial charge >= 0.3 is 0 Å². The molecule has 1 saturated heterocycles. The summed E-state index contributed by atoms with van der Waals surface area (Å²) < 4.78 is 12.7. The molecule has 9 heteroatoms. The molecule has 2 amide bonds. The summed E-state index contributed by atoms with van der Waals surface area (Å²) in [7, 11) is 3.57. The van der Waals surface area contributed by atoms with Crippen molar-refractivity contribution in [2.75, 3.05) is 53.0 Å². The van der Waals surface area contributed by atoms with Crippen LogP contribution in [0.15, 0.2) is 72.0 Å². The minimum absolute atomic E-state index is 0.0680. The van der Waals surface area contributed by atoms with Crippen LogP contribution in [0.3, 0.4) is 0 Å². The normalized spacial score (nSPS) is 17.5. The van der Waals surface area contributed by atoms with E-state index in [1.165, 1.54) is 0 Å². The molecule has 0 N–H and O–H groups in total. The van der Waals surface area contributed by atoms with Gasteiger partial charge in [0.25, 0.3) is 11.8 Å². The molecule has 2 aromatic carbocycles. The van der Waals surface area contributed by atoms with Gasteiger partial charge in [0.05, 0.1) is 37.8 Å². The molecule has 2 aliphatic rings. The first-order valence-corrected chi connectivity index (χ1v) is 13.7. The molecular weight excluding hydrogens is 506 g/mol. The maximum atomic E-state index is 14.0. The van der Waals surface area contributed by atoms with E-state index in [4.69, 9.17) is 14.6 Å². The van der Waals surface area contributed by atoms with Crippen LogP contribution in [-0.2, 0) is 16.6 Å². The average Bonchev–Trinajstić information content (AvgIpc) is 3.62. The Bertz CT molecular complexity index is 1340. The van der Waals surface area contributed by atoms with Gasteiger partial charge < -0.3 is 18.9 Å². The number of hydrogen-bond acceptors (Lipinski definition) is 6. The minimum atomic E-state index is -0.241. The van der Waals surface area contributed by atoms with Gasteiger partial charge in [-0.25, -0.2) is 5.01 Å².